The van der Waals surface area contributed by atoms with E-state index in [4.69, 9.17) is 11.6 Å². The summed E-state index contributed by atoms with van der Waals surface area (Å²) in [6, 6.07) is 14.1. The fraction of sp³-hybridized carbons (Fsp3) is 0.0714. The van der Waals surface area contributed by atoms with Crippen molar-refractivity contribution in [3.05, 3.63) is 59.4 Å². The molecule has 0 saturated carbocycles. The van der Waals surface area contributed by atoms with E-state index >= 15 is 0 Å². The number of para-hydroxylation sites is 1. The second-order valence-electron chi connectivity index (χ2n) is 4.02. The van der Waals surface area contributed by atoms with Gasteiger partial charge in [-0.15, -0.1) is 0 Å². The number of aryl methyl sites for hydroxylation is 1. The highest BCUT2D eigenvalue weighted by Crippen LogP contribution is 2.23. The topological polar surface area (TPSA) is 17.8 Å². The van der Waals surface area contributed by atoms with Crippen molar-refractivity contribution in [2.75, 3.05) is 0 Å². The van der Waals surface area contributed by atoms with E-state index in [1.54, 1.807) is 0 Å². The molecule has 0 aliphatic carbocycles. The Bertz CT molecular complexity index is 671. The number of halogens is 1. The molecule has 2 aromatic heterocycles. The van der Waals surface area contributed by atoms with Gasteiger partial charge in [0.2, 0.25) is 0 Å². The van der Waals surface area contributed by atoms with Crippen molar-refractivity contribution >= 4 is 22.6 Å². The third kappa shape index (κ3) is 1.71. The molecule has 0 N–H and O–H groups in total. The van der Waals surface area contributed by atoms with Gasteiger partial charge in [-0.05, 0) is 36.8 Å². The van der Waals surface area contributed by atoms with Crippen LogP contribution in [-0.2, 0) is 0 Å². The summed E-state index contributed by atoms with van der Waals surface area (Å²) < 4.78 is 2.05. The zero-order chi connectivity index (χ0) is 11.8. The average Bonchev–Trinajstić information content (AvgIpc) is 2.74. The second-order valence-corrected chi connectivity index (χ2v) is 4.41. The maximum atomic E-state index is 6.02. The summed E-state index contributed by atoms with van der Waals surface area (Å²) in [5.74, 6) is 0. The first-order valence-corrected chi connectivity index (χ1v) is 5.83. The van der Waals surface area contributed by atoms with Crippen LogP contribution in [0.5, 0.6) is 0 Å². The number of benzene rings is 1. The van der Waals surface area contributed by atoms with Gasteiger partial charge in [0.1, 0.15) is 10.8 Å². The smallest absolute Gasteiger partial charge is 0.146 e. The van der Waals surface area contributed by atoms with Gasteiger partial charge in [-0.25, -0.2) is 4.98 Å². The maximum Gasteiger partial charge on any atom is 0.146 e. The van der Waals surface area contributed by atoms with Gasteiger partial charge < -0.3 is 4.57 Å². The lowest BCUT2D eigenvalue weighted by molar-refractivity contribution is 1.09. The minimum atomic E-state index is 0.533. The highest BCUT2D eigenvalue weighted by molar-refractivity contribution is 6.29. The number of aromatic nitrogens is 2. The fourth-order valence-electron chi connectivity index (χ4n) is 2.03. The lowest BCUT2D eigenvalue weighted by atomic mass is 10.2. The molecule has 0 radical (unpaired) electrons. The van der Waals surface area contributed by atoms with Crippen molar-refractivity contribution in [1.29, 1.82) is 0 Å². The predicted molar refractivity (Wildman–Crippen MR) is 70.8 cm³/mol. The van der Waals surface area contributed by atoms with Gasteiger partial charge >= 0.3 is 0 Å². The van der Waals surface area contributed by atoms with Crippen LogP contribution >= 0.6 is 11.6 Å². The molecule has 0 aliphatic rings. The molecule has 0 aliphatic heterocycles. The molecule has 0 spiro atoms. The molecule has 0 unspecified atom stereocenters. The molecule has 0 saturated heterocycles. The number of fused-ring (bicyclic) bond motifs is 1. The van der Waals surface area contributed by atoms with E-state index in [9.17, 15) is 0 Å². The second kappa shape index (κ2) is 3.90. The van der Waals surface area contributed by atoms with Gasteiger partial charge in [0, 0.05) is 17.3 Å². The zero-order valence-electron chi connectivity index (χ0n) is 9.39. The lowest BCUT2D eigenvalue weighted by Gasteiger charge is -2.05. The third-order valence-corrected chi connectivity index (χ3v) is 3.06. The number of nitrogens with zero attached hydrogens (tertiary/aromatic N) is 2. The molecule has 0 bridgehead atoms. The van der Waals surface area contributed by atoms with E-state index in [0.717, 1.165) is 22.3 Å². The Morgan fingerprint density at radius 2 is 1.88 bits per heavy atom. The van der Waals surface area contributed by atoms with E-state index in [-0.39, 0.29) is 0 Å². The largest absolute Gasteiger partial charge is 0.301 e. The van der Waals surface area contributed by atoms with Crippen molar-refractivity contribution in [3.8, 4) is 5.69 Å². The first-order valence-electron chi connectivity index (χ1n) is 5.45. The molecule has 84 valence electrons. The highest BCUT2D eigenvalue weighted by Gasteiger charge is 2.07. The molecule has 0 atom stereocenters. The summed E-state index contributed by atoms with van der Waals surface area (Å²) in [7, 11) is 0. The molecular formula is C14H11ClN2. The number of pyridine rings is 1. The summed E-state index contributed by atoms with van der Waals surface area (Å²) in [5, 5.41) is 1.67. The molecule has 2 heterocycles. The first kappa shape index (κ1) is 10.4. The molecule has 3 heteroatoms. The molecule has 1 aromatic carbocycles. The van der Waals surface area contributed by atoms with Crippen molar-refractivity contribution in [1.82, 2.24) is 9.55 Å². The predicted octanol–water partition coefficient (Wildman–Crippen LogP) is 3.99. The normalized spacial score (nSPS) is 10.9. The van der Waals surface area contributed by atoms with Crippen molar-refractivity contribution in [3.63, 3.8) is 0 Å². The van der Waals surface area contributed by atoms with Crippen molar-refractivity contribution < 1.29 is 0 Å². The lowest BCUT2D eigenvalue weighted by Crippen LogP contribution is -1.94. The van der Waals surface area contributed by atoms with Crippen LogP contribution in [0.3, 0.4) is 0 Å². The van der Waals surface area contributed by atoms with Crippen LogP contribution in [-0.4, -0.2) is 9.55 Å². The van der Waals surface area contributed by atoms with Gasteiger partial charge in [-0.2, -0.15) is 0 Å². The Kier molecular flexibility index (Phi) is 2.37. The summed E-state index contributed by atoms with van der Waals surface area (Å²) in [5.41, 5.74) is 3.15. The molecule has 0 amide bonds. The molecule has 2 nitrogen and oxygen atoms in total. The first-order chi connectivity index (χ1) is 8.25. The van der Waals surface area contributed by atoms with E-state index in [0.29, 0.717) is 5.15 Å². The van der Waals surface area contributed by atoms with E-state index in [1.165, 1.54) is 0 Å². The Labute approximate surface area is 104 Å². The monoisotopic (exact) mass is 242 g/mol. The Morgan fingerprint density at radius 3 is 2.65 bits per heavy atom. The van der Waals surface area contributed by atoms with Crippen molar-refractivity contribution in [2.45, 2.75) is 6.92 Å². The summed E-state index contributed by atoms with van der Waals surface area (Å²) in [6.07, 6.45) is 2.02. The zero-order valence-corrected chi connectivity index (χ0v) is 10.1. The van der Waals surface area contributed by atoms with Gasteiger partial charge in [0.25, 0.3) is 0 Å². The fourth-order valence-corrected chi connectivity index (χ4v) is 2.28. The average molecular weight is 243 g/mol. The molecule has 17 heavy (non-hydrogen) atoms. The van der Waals surface area contributed by atoms with Crippen LogP contribution in [0.2, 0.25) is 5.15 Å². The number of rotatable bonds is 1. The maximum absolute atomic E-state index is 6.02. The molecule has 0 fully saturated rings. The van der Waals surface area contributed by atoms with Crippen LogP contribution in [0, 0.1) is 6.92 Å². The third-order valence-electron chi connectivity index (χ3n) is 2.87. The highest BCUT2D eigenvalue weighted by atomic mass is 35.5. The van der Waals surface area contributed by atoms with Gasteiger partial charge in [-0.1, -0.05) is 29.8 Å². The minimum absolute atomic E-state index is 0.533. The molecule has 3 rings (SSSR count). The van der Waals surface area contributed by atoms with Gasteiger partial charge in [0.15, 0.2) is 0 Å². The summed E-state index contributed by atoms with van der Waals surface area (Å²) in [6.45, 7) is 2.05. The number of hydrogen-bond acceptors (Lipinski definition) is 1. The van der Waals surface area contributed by atoms with Gasteiger partial charge in [-0.3, -0.25) is 0 Å². The van der Waals surface area contributed by atoms with Crippen LogP contribution in [0.4, 0.5) is 0 Å². The number of hydrogen-bond donors (Lipinski definition) is 0. The minimum Gasteiger partial charge on any atom is -0.301 e. The van der Waals surface area contributed by atoms with E-state index < -0.39 is 0 Å². The van der Waals surface area contributed by atoms with Crippen LogP contribution < -0.4 is 0 Å². The molecular weight excluding hydrogens is 232 g/mol. The molecule has 3 aromatic rings. The van der Waals surface area contributed by atoms with E-state index in [2.05, 4.69) is 23.2 Å². The SMILES string of the molecule is Cc1cc(Cl)nc2c1ccn2-c1ccccc1. The standard InChI is InChI=1S/C14H11ClN2/c1-10-9-13(15)16-14-12(10)7-8-17(14)11-5-3-2-4-6-11/h2-9H,1H3. The Balaban J connectivity index is 2.32. The summed E-state index contributed by atoms with van der Waals surface area (Å²) >= 11 is 6.02. The quantitative estimate of drug-likeness (QED) is 0.590. The Morgan fingerprint density at radius 1 is 1.12 bits per heavy atom. The van der Waals surface area contributed by atoms with Crippen LogP contribution in [0.25, 0.3) is 16.7 Å². The Hall–Kier alpha value is -1.80. The summed E-state index contributed by atoms with van der Waals surface area (Å²) in [4.78, 5) is 4.40. The van der Waals surface area contributed by atoms with Gasteiger partial charge in [0.05, 0.1) is 0 Å². The van der Waals surface area contributed by atoms with Crippen LogP contribution in [0.1, 0.15) is 5.56 Å². The van der Waals surface area contributed by atoms with E-state index in [1.807, 2.05) is 42.0 Å². The van der Waals surface area contributed by atoms with Crippen LogP contribution in [0.15, 0.2) is 48.7 Å². The van der Waals surface area contributed by atoms with Crippen molar-refractivity contribution in [2.24, 2.45) is 0 Å².